The molecular formula is C13H12Br2N2O3S. The van der Waals surface area contributed by atoms with E-state index in [1.807, 2.05) is 6.92 Å². The summed E-state index contributed by atoms with van der Waals surface area (Å²) in [6, 6.07) is 7.32. The highest BCUT2D eigenvalue weighted by atomic mass is 79.9. The largest absolute Gasteiger partial charge is 0.506 e. The zero-order valence-electron chi connectivity index (χ0n) is 10.9. The zero-order valence-corrected chi connectivity index (χ0v) is 14.9. The van der Waals surface area contributed by atoms with E-state index in [9.17, 15) is 13.5 Å². The van der Waals surface area contributed by atoms with E-state index in [1.54, 1.807) is 12.1 Å². The van der Waals surface area contributed by atoms with Crippen LogP contribution < -0.4 is 10.5 Å². The molecule has 0 atom stereocenters. The Morgan fingerprint density at radius 3 is 2.24 bits per heavy atom. The summed E-state index contributed by atoms with van der Waals surface area (Å²) in [5.41, 5.74) is 6.90. The maximum atomic E-state index is 12.4. The third-order valence-corrected chi connectivity index (χ3v) is 5.33. The monoisotopic (exact) mass is 434 g/mol. The van der Waals surface area contributed by atoms with E-state index in [0.29, 0.717) is 14.6 Å². The summed E-state index contributed by atoms with van der Waals surface area (Å²) in [5, 5.41) is 9.36. The molecule has 2 aromatic rings. The van der Waals surface area contributed by atoms with Crippen LogP contribution in [0.5, 0.6) is 5.75 Å². The van der Waals surface area contributed by atoms with Crippen molar-refractivity contribution in [2.24, 2.45) is 0 Å². The van der Waals surface area contributed by atoms with E-state index >= 15 is 0 Å². The summed E-state index contributed by atoms with van der Waals surface area (Å²) < 4.78 is 28.4. The summed E-state index contributed by atoms with van der Waals surface area (Å²) >= 11 is 6.66. The van der Waals surface area contributed by atoms with Crippen molar-refractivity contribution < 1.29 is 13.5 Å². The molecule has 0 saturated carbocycles. The summed E-state index contributed by atoms with van der Waals surface area (Å²) in [6.07, 6.45) is 0. The smallest absolute Gasteiger partial charge is 0.262 e. The second-order valence-electron chi connectivity index (χ2n) is 4.43. The van der Waals surface area contributed by atoms with E-state index in [1.165, 1.54) is 18.2 Å². The standard InChI is InChI=1S/C13H12Br2N2O3S/c1-7-4-9(14)13(10(15)5-7)17-21(19,20)8-2-3-12(18)11(16)6-8/h2-6,17-18H,16H2,1H3. The lowest BCUT2D eigenvalue weighted by molar-refractivity contribution is 0.477. The molecule has 0 aliphatic carbocycles. The van der Waals surface area contributed by atoms with Crippen LogP contribution in [0.25, 0.3) is 0 Å². The van der Waals surface area contributed by atoms with Crippen molar-refractivity contribution in [2.45, 2.75) is 11.8 Å². The molecule has 0 aliphatic rings. The first kappa shape index (κ1) is 16.1. The highest BCUT2D eigenvalue weighted by Crippen LogP contribution is 2.34. The minimum Gasteiger partial charge on any atom is -0.506 e. The van der Waals surface area contributed by atoms with Gasteiger partial charge in [-0.2, -0.15) is 0 Å². The zero-order chi connectivity index (χ0) is 15.8. The van der Waals surface area contributed by atoms with Crippen molar-refractivity contribution in [3.05, 3.63) is 44.8 Å². The van der Waals surface area contributed by atoms with Gasteiger partial charge < -0.3 is 10.8 Å². The topological polar surface area (TPSA) is 92.4 Å². The summed E-state index contributed by atoms with van der Waals surface area (Å²) in [4.78, 5) is -0.0304. The van der Waals surface area contributed by atoms with Crippen LogP contribution >= 0.6 is 31.9 Å². The average Bonchev–Trinajstić information content (AvgIpc) is 2.37. The third kappa shape index (κ3) is 3.50. The average molecular weight is 436 g/mol. The van der Waals surface area contributed by atoms with Crippen LogP contribution in [0.4, 0.5) is 11.4 Å². The van der Waals surface area contributed by atoms with Crippen LogP contribution in [0.15, 0.2) is 44.2 Å². The van der Waals surface area contributed by atoms with Gasteiger partial charge in [0.25, 0.3) is 10.0 Å². The number of hydrogen-bond donors (Lipinski definition) is 3. The van der Waals surface area contributed by atoms with Crippen LogP contribution in [-0.2, 0) is 10.0 Å². The SMILES string of the molecule is Cc1cc(Br)c(NS(=O)(=O)c2ccc(O)c(N)c2)c(Br)c1. The van der Waals surface area contributed by atoms with E-state index < -0.39 is 10.0 Å². The molecule has 8 heteroatoms. The number of benzene rings is 2. The Bertz CT molecular complexity index is 784. The number of sulfonamides is 1. The molecule has 2 rings (SSSR count). The summed E-state index contributed by atoms with van der Waals surface area (Å²) in [6.45, 7) is 1.90. The number of hydrogen-bond acceptors (Lipinski definition) is 4. The number of phenols is 1. The molecule has 0 unspecified atom stereocenters. The number of anilines is 2. The lowest BCUT2D eigenvalue weighted by atomic mass is 10.2. The lowest BCUT2D eigenvalue weighted by Gasteiger charge is -2.13. The normalized spacial score (nSPS) is 11.4. The van der Waals surface area contributed by atoms with Crippen molar-refractivity contribution in [2.75, 3.05) is 10.5 Å². The number of aryl methyl sites for hydroxylation is 1. The van der Waals surface area contributed by atoms with E-state index in [2.05, 4.69) is 36.6 Å². The molecule has 0 aliphatic heterocycles. The number of nitrogen functional groups attached to an aromatic ring is 1. The Morgan fingerprint density at radius 2 is 1.71 bits per heavy atom. The van der Waals surface area contributed by atoms with Gasteiger partial charge in [-0.15, -0.1) is 0 Å². The molecular weight excluding hydrogens is 424 g/mol. The van der Waals surface area contributed by atoms with Crippen molar-refractivity contribution in [1.82, 2.24) is 0 Å². The molecule has 0 fully saturated rings. The van der Waals surface area contributed by atoms with Gasteiger partial charge in [-0.05, 0) is 74.7 Å². The number of halogens is 2. The fourth-order valence-corrected chi connectivity index (χ4v) is 4.70. The van der Waals surface area contributed by atoms with Gasteiger partial charge in [0, 0.05) is 8.95 Å². The van der Waals surface area contributed by atoms with Crippen molar-refractivity contribution in [3.63, 3.8) is 0 Å². The minimum atomic E-state index is -3.81. The van der Waals surface area contributed by atoms with E-state index in [-0.39, 0.29) is 16.3 Å². The second-order valence-corrected chi connectivity index (χ2v) is 7.82. The Kier molecular flexibility index (Phi) is 4.50. The van der Waals surface area contributed by atoms with Gasteiger partial charge in [0.2, 0.25) is 0 Å². The molecule has 21 heavy (non-hydrogen) atoms. The van der Waals surface area contributed by atoms with Gasteiger partial charge in [-0.25, -0.2) is 8.42 Å². The fourth-order valence-electron chi connectivity index (χ4n) is 1.69. The number of nitrogens with two attached hydrogens (primary N) is 1. The Balaban J connectivity index is 2.44. The molecule has 4 N–H and O–H groups in total. The Hall–Kier alpha value is -1.25. The van der Waals surface area contributed by atoms with Crippen molar-refractivity contribution in [1.29, 1.82) is 0 Å². The lowest BCUT2D eigenvalue weighted by Crippen LogP contribution is -2.14. The Morgan fingerprint density at radius 1 is 1.14 bits per heavy atom. The van der Waals surface area contributed by atoms with Crippen molar-refractivity contribution >= 4 is 53.3 Å². The van der Waals surface area contributed by atoms with Crippen LogP contribution in [0.3, 0.4) is 0 Å². The maximum Gasteiger partial charge on any atom is 0.262 e. The van der Waals surface area contributed by atoms with Crippen LogP contribution in [0.2, 0.25) is 0 Å². The fraction of sp³-hybridized carbons (Fsp3) is 0.0769. The summed E-state index contributed by atoms with van der Waals surface area (Å²) in [5.74, 6) is -0.161. The molecule has 0 amide bonds. The van der Waals surface area contributed by atoms with Gasteiger partial charge in [0.05, 0.1) is 16.3 Å². The number of phenolic OH excluding ortho intramolecular Hbond substituents is 1. The molecule has 5 nitrogen and oxygen atoms in total. The number of rotatable bonds is 3. The van der Waals surface area contributed by atoms with Gasteiger partial charge in [-0.1, -0.05) is 0 Å². The first-order chi connectivity index (χ1) is 9.70. The predicted octanol–water partition coefficient (Wildman–Crippen LogP) is 3.61. The molecule has 0 aromatic heterocycles. The first-order valence-electron chi connectivity index (χ1n) is 5.77. The quantitative estimate of drug-likeness (QED) is 0.507. The molecule has 0 bridgehead atoms. The molecule has 0 spiro atoms. The summed E-state index contributed by atoms with van der Waals surface area (Å²) in [7, 11) is -3.81. The molecule has 112 valence electrons. The maximum absolute atomic E-state index is 12.4. The van der Waals surface area contributed by atoms with Gasteiger partial charge in [0.1, 0.15) is 5.75 Å². The third-order valence-electron chi connectivity index (χ3n) is 2.73. The minimum absolute atomic E-state index is 0.0000810. The van der Waals surface area contributed by atoms with E-state index in [4.69, 9.17) is 5.73 Å². The van der Waals surface area contributed by atoms with Gasteiger partial charge in [0.15, 0.2) is 0 Å². The first-order valence-corrected chi connectivity index (χ1v) is 8.84. The molecule has 0 heterocycles. The second kappa shape index (κ2) is 5.86. The van der Waals surface area contributed by atoms with Crippen molar-refractivity contribution in [3.8, 4) is 5.75 Å². The Labute approximate surface area is 139 Å². The molecule has 0 radical (unpaired) electrons. The predicted molar refractivity (Wildman–Crippen MR) is 89.9 cm³/mol. The molecule has 0 saturated heterocycles. The van der Waals surface area contributed by atoms with Crippen LogP contribution in [0, 0.1) is 6.92 Å². The van der Waals surface area contributed by atoms with Crippen LogP contribution in [0.1, 0.15) is 5.56 Å². The highest BCUT2D eigenvalue weighted by molar-refractivity contribution is 9.11. The molecule has 2 aromatic carbocycles. The van der Waals surface area contributed by atoms with E-state index in [0.717, 1.165) is 5.56 Å². The van der Waals surface area contributed by atoms with Crippen LogP contribution in [-0.4, -0.2) is 13.5 Å². The highest BCUT2D eigenvalue weighted by Gasteiger charge is 2.18. The van der Waals surface area contributed by atoms with Gasteiger partial charge >= 0.3 is 0 Å². The number of nitrogens with one attached hydrogen (secondary N) is 1. The van der Waals surface area contributed by atoms with Gasteiger partial charge in [-0.3, -0.25) is 4.72 Å². The number of aromatic hydroxyl groups is 1.